The molecule has 0 bridgehead atoms. The highest BCUT2D eigenvalue weighted by atomic mass is 28.3. The molecule has 2 heterocycles. The van der Waals surface area contributed by atoms with Gasteiger partial charge in [-0.2, -0.15) is 0 Å². The number of pyridine rings is 1. The summed E-state index contributed by atoms with van der Waals surface area (Å²) in [5.41, 5.74) is 2.50. The summed E-state index contributed by atoms with van der Waals surface area (Å²) in [5.74, 6) is 0. The second-order valence-electron chi connectivity index (χ2n) is 5.73. The molecule has 0 fully saturated rings. The van der Waals surface area contributed by atoms with Gasteiger partial charge in [0.05, 0.1) is 5.69 Å². The van der Waals surface area contributed by atoms with E-state index in [2.05, 4.69) is 66.6 Å². The Morgan fingerprint density at radius 1 is 0.842 bits per heavy atom. The standard InChI is InChI=1S/C17H15NSi/c1-19(2)14-8-4-3-7-13(14)17-16-12(10-11-18-17)6-5-9-15(16)19/h3-11H,1-2H3. The normalized spacial score (nSPS) is 15.3. The average molecular weight is 261 g/mol. The highest BCUT2D eigenvalue weighted by molar-refractivity contribution is 7.03. The van der Waals surface area contributed by atoms with Crippen molar-refractivity contribution in [1.82, 2.24) is 4.98 Å². The summed E-state index contributed by atoms with van der Waals surface area (Å²) in [6, 6.07) is 17.6. The Hall–Kier alpha value is -1.93. The van der Waals surface area contributed by atoms with E-state index in [-0.39, 0.29) is 0 Å². The highest BCUT2D eigenvalue weighted by Crippen LogP contribution is 2.31. The Labute approximate surface area is 113 Å². The summed E-state index contributed by atoms with van der Waals surface area (Å²) in [7, 11) is -1.60. The average Bonchev–Trinajstić information content (AvgIpc) is 2.45. The molecule has 0 amide bonds. The van der Waals surface area contributed by atoms with Gasteiger partial charge in [0.2, 0.25) is 0 Å². The molecule has 19 heavy (non-hydrogen) atoms. The van der Waals surface area contributed by atoms with E-state index in [1.165, 1.54) is 26.7 Å². The van der Waals surface area contributed by atoms with Crippen LogP contribution in [-0.4, -0.2) is 13.1 Å². The smallest absolute Gasteiger partial charge is 0.114 e. The summed E-state index contributed by atoms with van der Waals surface area (Å²) >= 11 is 0. The van der Waals surface area contributed by atoms with Crippen LogP contribution in [0.25, 0.3) is 22.0 Å². The summed E-state index contributed by atoms with van der Waals surface area (Å²) in [4.78, 5) is 4.67. The van der Waals surface area contributed by atoms with Crippen LogP contribution in [0, 0.1) is 0 Å². The van der Waals surface area contributed by atoms with E-state index in [0.717, 1.165) is 5.69 Å². The fraction of sp³-hybridized carbons (Fsp3) is 0.118. The van der Waals surface area contributed by atoms with Gasteiger partial charge in [-0.3, -0.25) is 4.98 Å². The second-order valence-corrected chi connectivity index (χ2v) is 10.1. The van der Waals surface area contributed by atoms with Crippen molar-refractivity contribution in [2.75, 3.05) is 0 Å². The van der Waals surface area contributed by atoms with Gasteiger partial charge in [0.15, 0.2) is 0 Å². The number of hydrogen-bond acceptors (Lipinski definition) is 1. The van der Waals surface area contributed by atoms with Crippen LogP contribution < -0.4 is 10.4 Å². The van der Waals surface area contributed by atoms with Crippen LogP contribution in [0.3, 0.4) is 0 Å². The van der Waals surface area contributed by atoms with E-state index >= 15 is 0 Å². The fourth-order valence-electron chi connectivity index (χ4n) is 3.33. The maximum atomic E-state index is 4.67. The Balaban J connectivity index is 2.28. The van der Waals surface area contributed by atoms with Crippen molar-refractivity contribution in [3.05, 3.63) is 54.7 Å². The van der Waals surface area contributed by atoms with Crippen LogP contribution in [0.5, 0.6) is 0 Å². The van der Waals surface area contributed by atoms with Crippen LogP contribution in [-0.2, 0) is 0 Å². The van der Waals surface area contributed by atoms with E-state index in [1.807, 2.05) is 6.20 Å². The lowest BCUT2D eigenvalue weighted by atomic mass is 10.0. The zero-order valence-corrected chi connectivity index (χ0v) is 12.1. The number of fused-ring (bicyclic) bond motifs is 2. The lowest BCUT2D eigenvalue weighted by molar-refractivity contribution is 1.36. The van der Waals surface area contributed by atoms with Crippen molar-refractivity contribution < 1.29 is 0 Å². The molecular weight excluding hydrogens is 246 g/mol. The molecule has 1 aliphatic rings. The quantitative estimate of drug-likeness (QED) is 0.567. The van der Waals surface area contributed by atoms with Crippen LogP contribution >= 0.6 is 0 Å². The van der Waals surface area contributed by atoms with Gasteiger partial charge in [-0.15, -0.1) is 0 Å². The molecule has 1 aliphatic heterocycles. The molecule has 0 saturated carbocycles. The topological polar surface area (TPSA) is 12.9 Å². The van der Waals surface area contributed by atoms with Crippen LogP contribution in [0.1, 0.15) is 0 Å². The fourth-order valence-corrected chi connectivity index (χ4v) is 6.41. The molecule has 0 aliphatic carbocycles. The predicted molar refractivity (Wildman–Crippen MR) is 83.9 cm³/mol. The molecule has 0 N–H and O–H groups in total. The Morgan fingerprint density at radius 2 is 1.63 bits per heavy atom. The van der Waals surface area contributed by atoms with Gasteiger partial charge < -0.3 is 0 Å². The van der Waals surface area contributed by atoms with E-state index < -0.39 is 8.07 Å². The van der Waals surface area contributed by atoms with Crippen molar-refractivity contribution in [2.24, 2.45) is 0 Å². The molecule has 0 spiro atoms. The van der Waals surface area contributed by atoms with Crippen LogP contribution in [0.2, 0.25) is 13.1 Å². The molecule has 1 nitrogen and oxygen atoms in total. The van der Waals surface area contributed by atoms with Crippen molar-refractivity contribution in [3.63, 3.8) is 0 Å². The minimum atomic E-state index is -1.60. The lowest BCUT2D eigenvalue weighted by Gasteiger charge is -2.32. The minimum Gasteiger partial charge on any atom is -0.256 e. The molecule has 3 aromatic rings. The Morgan fingerprint density at radius 3 is 2.53 bits per heavy atom. The molecule has 0 unspecified atom stereocenters. The first-order valence-corrected chi connectivity index (χ1v) is 9.68. The van der Waals surface area contributed by atoms with E-state index in [4.69, 9.17) is 0 Å². The summed E-state index contributed by atoms with van der Waals surface area (Å²) in [5, 5.41) is 5.72. The van der Waals surface area contributed by atoms with Gasteiger partial charge in [0, 0.05) is 17.1 Å². The van der Waals surface area contributed by atoms with Gasteiger partial charge in [-0.05, 0) is 21.8 Å². The Kier molecular flexibility index (Phi) is 2.04. The van der Waals surface area contributed by atoms with Crippen molar-refractivity contribution in [2.45, 2.75) is 13.1 Å². The summed E-state index contributed by atoms with van der Waals surface area (Å²) in [6.07, 6.45) is 1.93. The van der Waals surface area contributed by atoms with Crippen molar-refractivity contribution >= 4 is 29.2 Å². The van der Waals surface area contributed by atoms with Gasteiger partial charge in [-0.1, -0.05) is 55.6 Å². The first-order valence-electron chi connectivity index (χ1n) is 6.68. The van der Waals surface area contributed by atoms with Gasteiger partial charge in [-0.25, -0.2) is 0 Å². The third kappa shape index (κ3) is 1.32. The van der Waals surface area contributed by atoms with Gasteiger partial charge in [0.25, 0.3) is 0 Å². The zero-order chi connectivity index (χ0) is 13.0. The third-order valence-corrected chi connectivity index (χ3v) is 7.87. The van der Waals surface area contributed by atoms with Crippen molar-refractivity contribution in [3.8, 4) is 11.3 Å². The molecule has 0 radical (unpaired) electrons. The van der Waals surface area contributed by atoms with E-state index in [1.54, 1.807) is 0 Å². The number of aromatic nitrogens is 1. The highest BCUT2D eigenvalue weighted by Gasteiger charge is 2.35. The third-order valence-electron chi connectivity index (χ3n) is 4.32. The van der Waals surface area contributed by atoms with E-state index in [0.29, 0.717) is 0 Å². The molecule has 2 heteroatoms. The maximum absolute atomic E-state index is 4.67. The lowest BCUT2D eigenvalue weighted by Crippen LogP contribution is -2.55. The van der Waals surface area contributed by atoms with E-state index in [9.17, 15) is 0 Å². The number of hydrogen-bond donors (Lipinski definition) is 0. The SMILES string of the molecule is C[Si]1(C)c2ccccc2-c2nccc3cccc1c23. The molecule has 2 aromatic carbocycles. The number of rotatable bonds is 0. The predicted octanol–water partition coefficient (Wildman–Crippen LogP) is 3.04. The molecule has 1 aromatic heterocycles. The summed E-state index contributed by atoms with van der Waals surface area (Å²) < 4.78 is 0. The van der Waals surface area contributed by atoms with Gasteiger partial charge in [0.1, 0.15) is 8.07 Å². The zero-order valence-electron chi connectivity index (χ0n) is 11.1. The summed E-state index contributed by atoms with van der Waals surface area (Å²) in [6.45, 7) is 4.88. The minimum absolute atomic E-state index is 1.16. The molecule has 4 rings (SSSR count). The van der Waals surface area contributed by atoms with Crippen LogP contribution in [0.4, 0.5) is 0 Å². The monoisotopic (exact) mass is 261 g/mol. The largest absolute Gasteiger partial charge is 0.256 e. The molecular formula is C17H15NSi. The first kappa shape index (κ1) is 10.9. The molecule has 0 saturated heterocycles. The molecule has 0 atom stereocenters. The number of benzene rings is 2. The number of nitrogens with zero attached hydrogens (tertiary/aromatic N) is 1. The second kappa shape index (κ2) is 3.55. The Bertz CT molecular complexity index is 800. The molecule has 92 valence electrons. The van der Waals surface area contributed by atoms with Crippen molar-refractivity contribution in [1.29, 1.82) is 0 Å². The maximum Gasteiger partial charge on any atom is 0.114 e. The first-order chi connectivity index (χ1) is 9.19. The van der Waals surface area contributed by atoms with Gasteiger partial charge >= 0.3 is 0 Å². The van der Waals surface area contributed by atoms with Crippen LogP contribution in [0.15, 0.2) is 54.7 Å².